The van der Waals surface area contributed by atoms with Gasteiger partial charge >= 0.3 is 0 Å². The zero-order chi connectivity index (χ0) is 22.8. The fraction of sp³-hybridized carbons (Fsp3) is 0.852. The molecule has 30 heavy (non-hydrogen) atoms. The monoisotopic (exact) mass is 434 g/mol. The van der Waals surface area contributed by atoms with Gasteiger partial charge in [0, 0.05) is 6.10 Å². The second-order valence-corrected chi connectivity index (χ2v) is 16.8. The van der Waals surface area contributed by atoms with Crippen molar-refractivity contribution in [2.24, 2.45) is 23.2 Å². The van der Waals surface area contributed by atoms with Crippen molar-refractivity contribution < 1.29 is 9.53 Å². The third kappa shape index (κ3) is 5.50. The molecule has 0 bridgehead atoms. The molecule has 0 heterocycles. The van der Waals surface area contributed by atoms with Crippen LogP contribution in [0.1, 0.15) is 93.4 Å². The first-order chi connectivity index (χ1) is 13.8. The molecule has 2 rings (SSSR count). The summed E-state index contributed by atoms with van der Waals surface area (Å²) in [5.41, 5.74) is -0.262. The molecule has 2 saturated carbocycles. The molecule has 0 unspecified atom stereocenters. The van der Waals surface area contributed by atoms with Gasteiger partial charge < -0.3 is 9.53 Å². The summed E-state index contributed by atoms with van der Waals surface area (Å²) in [6.45, 7) is 21.0. The molecule has 5 atom stereocenters. The van der Waals surface area contributed by atoms with Crippen LogP contribution in [-0.4, -0.2) is 25.1 Å². The zero-order valence-corrected chi connectivity index (χ0v) is 22.4. The lowest BCUT2D eigenvalue weighted by atomic mass is 9.62. The Morgan fingerprint density at radius 3 is 2.30 bits per heavy atom. The molecule has 174 valence electrons. The van der Waals surface area contributed by atoms with Crippen molar-refractivity contribution in [2.45, 2.75) is 123 Å². The molecule has 0 aromatic heterocycles. The maximum absolute atomic E-state index is 10.4. The van der Waals surface area contributed by atoms with Crippen LogP contribution in [0, 0.1) is 23.2 Å². The molecular formula is C27H50O2Si. The quantitative estimate of drug-likeness (QED) is 0.311. The largest absolute Gasteiger partial charge is 0.414 e. The van der Waals surface area contributed by atoms with Crippen LogP contribution in [0.25, 0.3) is 0 Å². The molecule has 0 amide bonds. The molecule has 1 N–H and O–H groups in total. The molecule has 0 aromatic carbocycles. The van der Waals surface area contributed by atoms with Gasteiger partial charge in [-0.3, -0.25) is 0 Å². The normalized spacial score (nSPS) is 32.1. The first-order valence-corrected chi connectivity index (χ1v) is 15.5. The average Bonchev–Trinajstić information content (AvgIpc) is 3.02. The van der Waals surface area contributed by atoms with Crippen LogP contribution in [0.5, 0.6) is 0 Å². The Kier molecular flexibility index (Phi) is 8.30. The maximum atomic E-state index is 10.4. The predicted octanol–water partition coefficient (Wildman–Crippen LogP) is 7.89. The highest BCUT2D eigenvalue weighted by molar-refractivity contribution is 6.74. The van der Waals surface area contributed by atoms with Gasteiger partial charge in [-0.2, -0.15) is 0 Å². The average molecular weight is 435 g/mol. The smallest absolute Gasteiger partial charge is 0.192 e. The highest BCUT2D eigenvalue weighted by Crippen LogP contribution is 2.59. The first-order valence-electron chi connectivity index (χ1n) is 12.6. The lowest BCUT2D eigenvalue weighted by Gasteiger charge is -2.49. The van der Waals surface area contributed by atoms with Crippen LogP contribution < -0.4 is 0 Å². The fourth-order valence-electron chi connectivity index (χ4n) is 5.81. The summed E-state index contributed by atoms with van der Waals surface area (Å²) in [4.78, 5) is 0. The number of fused-ring (bicyclic) bond motifs is 1. The molecule has 0 radical (unpaired) electrons. The molecule has 2 fully saturated rings. The Balaban J connectivity index is 2.09. The topological polar surface area (TPSA) is 29.5 Å². The van der Waals surface area contributed by atoms with Crippen molar-refractivity contribution in [2.75, 3.05) is 0 Å². The first kappa shape index (κ1) is 25.9. The Morgan fingerprint density at radius 2 is 1.73 bits per heavy atom. The van der Waals surface area contributed by atoms with Crippen LogP contribution in [0.2, 0.25) is 18.1 Å². The van der Waals surface area contributed by atoms with E-state index in [0.29, 0.717) is 23.4 Å². The van der Waals surface area contributed by atoms with E-state index < -0.39 is 13.9 Å². The molecule has 2 aliphatic carbocycles. The van der Waals surface area contributed by atoms with Crippen LogP contribution in [0.3, 0.4) is 0 Å². The van der Waals surface area contributed by atoms with Gasteiger partial charge in [-0.1, -0.05) is 79.2 Å². The maximum Gasteiger partial charge on any atom is 0.192 e. The van der Waals surface area contributed by atoms with Gasteiger partial charge in [-0.05, 0) is 79.8 Å². The molecule has 2 aliphatic rings. The van der Waals surface area contributed by atoms with Crippen molar-refractivity contribution in [3.8, 4) is 0 Å². The summed E-state index contributed by atoms with van der Waals surface area (Å²) in [6.07, 6.45) is 17.1. The van der Waals surface area contributed by atoms with E-state index in [-0.39, 0.29) is 5.04 Å². The lowest BCUT2D eigenvalue weighted by molar-refractivity contribution is -0.0162. The van der Waals surface area contributed by atoms with Gasteiger partial charge in [-0.15, -0.1) is 0 Å². The SMILES string of the molecule is CCC(O)(/C=C/C=C/[C@@H](C)[C@H]1CC[C@H]2[C@@H](O[Si](C)(C)C(C)(C)C)CCC[C@]12C)CC. The van der Waals surface area contributed by atoms with Gasteiger partial charge in [-0.25, -0.2) is 0 Å². The molecule has 0 saturated heterocycles. The highest BCUT2D eigenvalue weighted by atomic mass is 28.4. The third-order valence-electron chi connectivity index (χ3n) is 9.18. The summed E-state index contributed by atoms with van der Waals surface area (Å²) in [6, 6.07) is 0. The van der Waals surface area contributed by atoms with E-state index in [1.54, 1.807) is 0 Å². The second kappa shape index (κ2) is 9.63. The van der Waals surface area contributed by atoms with Crippen LogP contribution >= 0.6 is 0 Å². The minimum Gasteiger partial charge on any atom is -0.414 e. The van der Waals surface area contributed by atoms with Gasteiger partial charge in [0.1, 0.15) is 0 Å². The van der Waals surface area contributed by atoms with E-state index >= 15 is 0 Å². The van der Waals surface area contributed by atoms with Crippen molar-refractivity contribution in [1.29, 1.82) is 0 Å². The van der Waals surface area contributed by atoms with Gasteiger partial charge in [0.2, 0.25) is 0 Å². The Hall–Kier alpha value is -0.383. The Bertz CT molecular complexity index is 611. The summed E-state index contributed by atoms with van der Waals surface area (Å²) in [7, 11) is -1.73. The lowest BCUT2D eigenvalue weighted by Crippen LogP contribution is -2.50. The van der Waals surface area contributed by atoms with Crippen LogP contribution in [0.15, 0.2) is 24.3 Å². The second-order valence-electron chi connectivity index (χ2n) is 12.0. The van der Waals surface area contributed by atoms with Crippen molar-refractivity contribution in [3.63, 3.8) is 0 Å². The number of rotatable bonds is 8. The molecule has 0 aromatic rings. The third-order valence-corrected chi connectivity index (χ3v) is 13.7. The van der Waals surface area contributed by atoms with E-state index in [1.165, 1.54) is 32.1 Å². The van der Waals surface area contributed by atoms with Gasteiger partial charge in [0.05, 0.1) is 5.60 Å². The van der Waals surface area contributed by atoms with Crippen LogP contribution in [-0.2, 0) is 4.43 Å². The predicted molar refractivity (Wildman–Crippen MR) is 133 cm³/mol. The Labute approximate surface area is 188 Å². The fourth-order valence-corrected chi connectivity index (χ4v) is 7.21. The summed E-state index contributed by atoms with van der Waals surface area (Å²) in [5.74, 6) is 2.00. The minimum atomic E-state index is -1.73. The van der Waals surface area contributed by atoms with Gasteiger partial charge in [0.15, 0.2) is 8.32 Å². The molecule has 0 aliphatic heterocycles. The minimum absolute atomic E-state index is 0.278. The number of hydrogen-bond acceptors (Lipinski definition) is 2. The number of allylic oxidation sites excluding steroid dienone is 3. The van der Waals surface area contributed by atoms with Crippen LogP contribution in [0.4, 0.5) is 0 Å². The summed E-state index contributed by atoms with van der Waals surface area (Å²) in [5, 5.41) is 10.7. The van der Waals surface area contributed by atoms with E-state index in [4.69, 9.17) is 4.43 Å². The van der Waals surface area contributed by atoms with E-state index in [9.17, 15) is 5.11 Å². The molecule has 0 spiro atoms. The van der Waals surface area contributed by atoms with E-state index in [1.807, 2.05) is 19.9 Å². The standard InChI is InChI=1S/C27H50O2Si/c1-10-27(28,11-2)20-13-12-15-21(3)22-17-18-23-24(16-14-19-26(22,23)7)29-30(8,9)25(4,5)6/h12-13,15,20-24,28H,10-11,14,16-19H2,1-9H3/b15-12+,20-13+/t21-,22-,23+,24+,26-/m1/s1. The van der Waals surface area contributed by atoms with Crippen molar-refractivity contribution in [3.05, 3.63) is 24.3 Å². The summed E-state index contributed by atoms with van der Waals surface area (Å²) >= 11 is 0. The zero-order valence-electron chi connectivity index (χ0n) is 21.4. The molecular weight excluding hydrogens is 384 g/mol. The number of aliphatic hydroxyl groups is 1. The number of hydrogen-bond donors (Lipinski definition) is 1. The highest BCUT2D eigenvalue weighted by Gasteiger charge is 2.54. The van der Waals surface area contributed by atoms with Crippen molar-refractivity contribution >= 4 is 8.32 Å². The molecule has 2 nitrogen and oxygen atoms in total. The van der Waals surface area contributed by atoms with E-state index in [2.05, 4.69) is 65.9 Å². The molecule has 3 heteroatoms. The van der Waals surface area contributed by atoms with Crippen molar-refractivity contribution in [1.82, 2.24) is 0 Å². The Morgan fingerprint density at radius 1 is 1.10 bits per heavy atom. The summed E-state index contributed by atoms with van der Waals surface area (Å²) < 4.78 is 6.99. The van der Waals surface area contributed by atoms with E-state index in [0.717, 1.165) is 18.8 Å². The van der Waals surface area contributed by atoms with Gasteiger partial charge in [0.25, 0.3) is 0 Å².